The highest BCUT2D eigenvalue weighted by molar-refractivity contribution is 6.30. The molecule has 0 aliphatic carbocycles. The first-order valence-corrected chi connectivity index (χ1v) is 7.71. The molecule has 2 aromatic rings. The topological polar surface area (TPSA) is 37.6 Å². The van der Waals surface area contributed by atoms with Crippen LogP contribution < -0.4 is 0 Å². The summed E-state index contributed by atoms with van der Waals surface area (Å²) in [6.45, 7) is 2.17. The Labute approximate surface area is 134 Å². The van der Waals surface area contributed by atoms with Crippen LogP contribution in [0.25, 0.3) is 0 Å². The van der Waals surface area contributed by atoms with Crippen LogP contribution in [0.1, 0.15) is 36.6 Å². The number of rotatable bonds is 3. The van der Waals surface area contributed by atoms with Crippen LogP contribution in [-0.4, -0.2) is 4.98 Å². The van der Waals surface area contributed by atoms with Gasteiger partial charge in [0.2, 0.25) is 0 Å². The number of halogens is 2. The van der Waals surface area contributed by atoms with Crippen molar-refractivity contribution in [3.63, 3.8) is 0 Å². The predicted molar refractivity (Wildman–Crippen MR) is 84.8 cm³/mol. The molecule has 0 saturated heterocycles. The normalized spacial score (nSPS) is 24.4. The molecule has 0 bridgehead atoms. The lowest BCUT2D eigenvalue weighted by Gasteiger charge is -2.20. The van der Waals surface area contributed by atoms with Gasteiger partial charge in [-0.1, -0.05) is 48.3 Å². The zero-order valence-electron chi connectivity index (χ0n) is 11.6. The molecule has 1 aliphatic rings. The third kappa shape index (κ3) is 2.94. The summed E-state index contributed by atoms with van der Waals surface area (Å²) in [6.07, 6.45) is 2.78. The molecule has 0 amide bonds. The largest absolute Gasteiger partial charge is 0.244 e. The van der Waals surface area contributed by atoms with Crippen LogP contribution in [0.4, 0.5) is 0 Å². The Balaban J connectivity index is 1.88. The SMILES string of the molecule is CCC1C(c2ccc(Cl)cc2)N=NC1c1ccc(Cl)nc1. The van der Waals surface area contributed by atoms with E-state index in [1.165, 1.54) is 0 Å². The molecule has 0 fully saturated rings. The molecule has 0 spiro atoms. The molecule has 2 heterocycles. The predicted octanol–water partition coefficient (Wildman–Crippen LogP) is 5.66. The number of azo groups is 1. The van der Waals surface area contributed by atoms with Gasteiger partial charge in [-0.05, 0) is 35.7 Å². The number of benzene rings is 1. The summed E-state index contributed by atoms with van der Waals surface area (Å²) in [5, 5.41) is 10.2. The summed E-state index contributed by atoms with van der Waals surface area (Å²) >= 11 is 11.8. The zero-order chi connectivity index (χ0) is 14.8. The van der Waals surface area contributed by atoms with E-state index < -0.39 is 0 Å². The van der Waals surface area contributed by atoms with E-state index in [2.05, 4.69) is 22.1 Å². The lowest BCUT2D eigenvalue weighted by atomic mass is 9.84. The van der Waals surface area contributed by atoms with Gasteiger partial charge in [-0.25, -0.2) is 4.98 Å². The van der Waals surface area contributed by atoms with Crippen LogP contribution in [0.2, 0.25) is 10.2 Å². The van der Waals surface area contributed by atoms with Crippen LogP contribution in [0.15, 0.2) is 52.8 Å². The van der Waals surface area contributed by atoms with Crippen molar-refractivity contribution in [3.05, 3.63) is 63.9 Å². The van der Waals surface area contributed by atoms with Crippen molar-refractivity contribution in [2.45, 2.75) is 25.4 Å². The maximum absolute atomic E-state index is 5.95. The maximum Gasteiger partial charge on any atom is 0.129 e. The maximum atomic E-state index is 5.95. The van der Waals surface area contributed by atoms with Crippen LogP contribution >= 0.6 is 23.2 Å². The van der Waals surface area contributed by atoms with Gasteiger partial charge in [0.25, 0.3) is 0 Å². The first-order valence-electron chi connectivity index (χ1n) is 6.96. The highest BCUT2D eigenvalue weighted by Gasteiger charge is 2.35. The number of aromatic nitrogens is 1. The van der Waals surface area contributed by atoms with Crippen molar-refractivity contribution in [3.8, 4) is 0 Å². The second-order valence-electron chi connectivity index (χ2n) is 5.16. The molecule has 3 unspecified atom stereocenters. The monoisotopic (exact) mass is 319 g/mol. The molecule has 1 aromatic carbocycles. The Hall–Kier alpha value is -1.45. The van der Waals surface area contributed by atoms with E-state index in [-0.39, 0.29) is 12.1 Å². The van der Waals surface area contributed by atoms with Gasteiger partial charge in [-0.15, -0.1) is 0 Å². The minimum atomic E-state index is 0.0421. The van der Waals surface area contributed by atoms with Crippen LogP contribution in [0, 0.1) is 5.92 Å². The van der Waals surface area contributed by atoms with Crippen LogP contribution in [0.5, 0.6) is 0 Å². The van der Waals surface area contributed by atoms with E-state index in [0.29, 0.717) is 11.1 Å². The highest BCUT2D eigenvalue weighted by Crippen LogP contribution is 2.45. The molecule has 3 atom stereocenters. The molecule has 1 aliphatic heterocycles. The number of nitrogens with zero attached hydrogens (tertiary/aromatic N) is 3. The average Bonchev–Trinajstić information content (AvgIpc) is 2.92. The van der Waals surface area contributed by atoms with Crippen molar-refractivity contribution >= 4 is 23.2 Å². The van der Waals surface area contributed by atoms with E-state index >= 15 is 0 Å². The Kier molecular flexibility index (Phi) is 4.22. The molecule has 3 nitrogen and oxygen atoms in total. The molecule has 3 rings (SSSR count). The fourth-order valence-corrected chi connectivity index (χ4v) is 3.02. The van der Waals surface area contributed by atoms with Crippen molar-refractivity contribution < 1.29 is 0 Å². The molecular weight excluding hydrogens is 305 g/mol. The standard InChI is InChI=1S/C16H15Cl2N3/c1-2-13-15(10-3-6-12(17)7-4-10)20-21-16(13)11-5-8-14(18)19-9-11/h3-9,13,15-16H,2H2,1H3. The van der Waals surface area contributed by atoms with Gasteiger partial charge in [0.1, 0.15) is 17.2 Å². The Bertz CT molecular complexity index is 582. The van der Waals surface area contributed by atoms with E-state index in [1.807, 2.05) is 30.3 Å². The van der Waals surface area contributed by atoms with Gasteiger partial charge >= 0.3 is 0 Å². The van der Waals surface area contributed by atoms with Crippen molar-refractivity contribution in [1.29, 1.82) is 0 Å². The molecule has 0 saturated carbocycles. The average molecular weight is 320 g/mol. The first-order chi connectivity index (χ1) is 10.2. The summed E-state index contributed by atoms with van der Waals surface area (Å²) in [5.74, 6) is 0.328. The van der Waals surface area contributed by atoms with Crippen LogP contribution in [0.3, 0.4) is 0 Å². The van der Waals surface area contributed by atoms with E-state index in [1.54, 1.807) is 12.3 Å². The quantitative estimate of drug-likeness (QED) is 0.672. The fourth-order valence-electron chi connectivity index (χ4n) is 2.78. The number of hydrogen-bond acceptors (Lipinski definition) is 3. The van der Waals surface area contributed by atoms with Gasteiger partial charge in [-0.2, -0.15) is 10.2 Å². The van der Waals surface area contributed by atoms with E-state index in [0.717, 1.165) is 22.6 Å². The Morgan fingerprint density at radius 2 is 1.52 bits per heavy atom. The number of pyridine rings is 1. The Morgan fingerprint density at radius 3 is 2.10 bits per heavy atom. The molecule has 21 heavy (non-hydrogen) atoms. The fraction of sp³-hybridized carbons (Fsp3) is 0.312. The minimum absolute atomic E-state index is 0.0421. The zero-order valence-corrected chi connectivity index (χ0v) is 13.1. The van der Waals surface area contributed by atoms with Crippen molar-refractivity contribution in [2.75, 3.05) is 0 Å². The summed E-state index contributed by atoms with van der Waals surface area (Å²) in [7, 11) is 0. The first kappa shape index (κ1) is 14.5. The third-order valence-corrected chi connectivity index (χ3v) is 4.38. The summed E-state index contributed by atoms with van der Waals surface area (Å²) in [5.41, 5.74) is 2.21. The summed E-state index contributed by atoms with van der Waals surface area (Å²) in [4.78, 5) is 4.15. The molecule has 5 heteroatoms. The number of hydrogen-bond donors (Lipinski definition) is 0. The van der Waals surface area contributed by atoms with Crippen molar-refractivity contribution in [1.82, 2.24) is 4.98 Å². The molecule has 108 valence electrons. The smallest absolute Gasteiger partial charge is 0.129 e. The second-order valence-corrected chi connectivity index (χ2v) is 5.98. The minimum Gasteiger partial charge on any atom is -0.244 e. The van der Waals surface area contributed by atoms with E-state index in [4.69, 9.17) is 23.2 Å². The van der Waals surface area contributed by atoms with Gasteiger partial charge in [0, 0.05) is 17.1 Å². The van der Waals surface area contributed by atoms with Gasteiger partial charge in [-0.3, -0.25) is 0 Å². The van der Waals surface area contributed by atoms with Crippen LogP contribution in [-0.2, 0) is 0 Å². The third-order valence-electron chi connectivity index (χ3n) is 3.90. The van der Waals surface area contributed by atoms with E-state index in [9.17, 15) is 0 Å². The Morgan fingerprint density at radius 1 is 0.905 bits per heavy atom. The molecule has 0 radical (unpaired) electrons. The van der Waals surface area contributed by atoms with Crippen molar-refractivity contribution in [2.24, 2.45) is 16.1 Å². The molecule has 1 aromatic heterocycles. The second kappa shape index (κ2) is 6.12. The lowest BCUT2D eigenvalue weighted by molar-refractivity contribution is 0.409. The summed E-state index contributed by atoms with van der Waals surface area (Å²) in [6, 6.07) is 11.7. The summed E-state index contributed by atoms with van der Waals surface area (Å²) < 4.78 is 0. The van der Waals surface area contributed by atoms with Gasteiger partial charge < -0.3 is 0 Å². The highest BCUT2D eigenvalue weighted by atomic mass is 35.5. The van der Waals surface area contributed by atoms with Gasteiger partial charge in [0.15, 0.2) is 0 Å². The molecule has 0 N–H and O–H groups in total. The lowest BCUT2D eigenvalue weighted by Crippen LogP contribution is -2.13. The van der Waals surface area contributed by atoms with Gasteiger partial charge in [0.05, 0.1) is 0 Å². The molecular formula is C16H15Cl2N3.